The zero-order chi connectivity index (χ0) is 17.5. The number of carbonyl (C=O) groups is 1. The molecule has 2 atom stereocenters. The van der Waals surface area contributed by atoms with Crippen molar-refractivity contribution >= 4 is 6.09 Å². The van der Waals surface area contributed by atoms with Gasteiger partial charge in [0.25, 0.3) is 0 Å². The second kappa shape index (κ2) is 9.45. The van der Waals surface area contributed by atoms with E-state index in [1.165, 1.54) is 12.8 Å². The van der Waals surface area contributed by atoms with Crippen molar-refractivity contribution in [2.24, 2.45) is 0 Å². The molecule has 23 heavy (non-hydrogen) atoms. The molecule has 0 bridgehead atoms. The van der Waals surface area contributed by atoms with Crippen LogP contribution in [0.2, 0.25) is 0 Å². The molecule has 6 heteroatoms. The Bertz CT molecular complexity index is 355. The van der Waals surface area contributed by atoms with Gasteiger partial charge >= 0.3 is 6.09 Å². The number of likely N-dealkylation sites (tertiary alicyclic amines) is 1. The Morgan fingerprint density at radius 3 is 2.70 bits per heavy atom. The largest absolute Gasteiger partial charge is 0.444 e. The van der Waals surface area contributed by atoms with Crippen molar-refractivity contribution in [3.05, 3.63) is 0 Å². The van der Waals surface area contributed by atoms with E-state index in [0.717, 1.165) is 26.1 Å². The van der Waals surface area contributed by atoms with Crippen LogP contribution in [0.15, 0.2) is 0 Å². The number of aliphatic hydroxyl groups excluding tert-OH is 1. The molecule has 1 aliphatic heterocycles. The fraction of sp³-hybridized carbons (Fsp3) is 0.941. The summed E-state index contributed by atoms with van der Waals surface area (Å²) in [5, 5.41) is 13.2. The van der Waals surface area contributed by atoms with E-state index in [-0.39, 0.29) is 6.09 Å². The van der Waals surface area contributed by atoms with Gasteiger partial charge in [-0.05, 0) is 67.1 Å². The van der Waals surface area contributed by atoms with Crippen LogP contribution in [0.4, 0.5) is 4.79 Å². The van der Waals surface area contributed by atoms with E-state index in [0.29, 0.717) is 19.1 Å². The van der Waals surface area contributed by atoms with E-state index in [1.807, 2.05) is 20.8 Å². The molecule has 2 unspecified atom stereocenters. The van der Waals surface area contributed by atoms with Crippen molar-refractivity contribution in [3.63, 3.8) is 0 Å². The van der Waals surface area contributed by atoms with Gasteiger partial charge in [0.1, 0.15) is 5.60 Å². The van der Waals surface area contributed by atoms with Crippen LogP contribution in [0.1, 0.15) is 47.0 Å². The molecule has 136 valence electrons. The van der Waals surface area contributed by atoms with Crippen LogP contribution in [-0.2, 0) is 4.74 Å². The zero-order valence-corrected chi connectivity index (χ0v) is 15.5. The predicted molar refractivity (Wildman–Crippen MR) is 92.6 cm³/mol. The molecular weight excluding hydrogens is 294 g/mol. The molecule has 1 fully saturated rings. The summed E-state index contributed by atoms with van der Waals surface area (Å²) < 4.78 is 5.42. The predicted octanol–water partition coefficient (Wildman–Crippen LogP) is 1.68. The monoisotopic (exact) mass is 329 g/mol. The molecule has 0 aromatic rings. The number of hydrogen-bond donors (Lipinski definition) is 2. The van der Waals surface area contributed by atoms with Crippen molar-refractivity contribution in [2.45, 2.75) is 64.7 Å². The van der Waals surface area contributed by atoms with Crippen LogP contribution in [0, 0.1) is 0 Å². The fourth-order valence-electron chi connectivity index (χ4n) is 2.75. The van der Waals surface area contributed by atoms with Gasteiger partial charge in [-0.25, -0.2) is 4.79 Å². The van der Waals surface area contributed by atoms with Crippen LogP contribution >= 0.6 is 0 Å². The highest BCUT2D eigenvalue weighted by Gasteiger charge is 2.23. The summed E-state index contributed by atoms with van der Waals surface area (Å²) in [4.78, 5) is 16.2. The molecule has 0 aliphatic carbocycles. The van der Waals surface area contributed by atoms with Crippen molar-refractivity contribution in [2.75, 3.05) is 39.8 Å². The summed E-state index contributed by atoms with van der Waals surface area (Å²) in [5.74, 6) is 0. The maximum atomic E-state index is 12.2. The first-order valence-corrected chi connectivity index (χ1v) is 8.75. The second-order valence-corrected chi connectivity index (χ2v) is 7.66. The Kier molecular flexibility index (Phi) is 8.29. The Labute approximate surface area is 141 Å². The summed E-state index contributed by atoms with van der Waals surface area (Å²) in [6, 6.07) is 0.506. The van der Waals surface area contributed by atoms with Gasteiger partial charge < -0.3 is 25.0 Å². The van der Waals surface area contributed by atoms with Crippen molar-refractivity contribution in [1.29, 1.82) is 0 Å². The van der Waals surface area contributed by atoms with E-state index in [4.69, 9.17) is 4.74 Å². The highest BCUT2D eigenvalue weighted by atomic mass is 16.6. The lowest BCUT2D eigenvalue weighted by Crippen LogP contribution is -2.45. The van der Waals surface area contributed by atoms with Gasteiger partial charge in [0.2, 0.25) is 0 Å². The van der Waals surface area contributed by atoms with Gasteiger partial charge in [-0.3, -0.25) is 0 Å². The van der Waals surface area contributed by atoms with Crippen LogP contribution in [0.25, 0.3) is 0 Å². The highest BCUT2D eigenvalue weighted by molar-refractivity contribution is 5.68. The minimum absolute atomic E-state index is 0.296. The Morgan fingerprint density at radius 1 is 1.39 bits per heavy atom. The van der Waals surface area contributed by atoms with E-state index < -0.39 is 11.7 Å². The molecular formula is C17H35N3O3. The fourth-order valence-corrected chi connectivity index (χ4v) is 2.75. The number of aliphatic hydroxyl groups is 1. The molecule has 0 spiro atoms. The standard InChI is InChI=1S/C17H35N3O3/c1-14(21)13-20(16(22)23-17(2,3)4)12-9-18-15-7-6-10-19(5)11-8-15/h14-15,18,21H,6-13H2,1-5H3. The van der Waals surface area contributed by atoms with Gasteiger partial charge in [-0.15, -0.1) is 0 Å². The Hall–Kier alpha value is -0.850. The van der Waals surface area contributed by atoms with Crippen LogP contribution in [0.3, 0.4) is 0 Å². The average Bonchev–Trinajstić information content (AvgIpc) is 2.60. The quantitative estimate of drug-likeness (QED) is 0.776. The SMILES string of the molecule is CC(O)CN(CCNC1CCCN(C)CC1)C(=O)OC(C)(C)C. The molecule has 1 amide bonds. The van der Waals surface area contributed by atoms with Crippen LogP contribution in [0.5, 0.6) is 0 Å². The van der Waals surface area contributed by atoms with E-state index in [1.54, 1.807) is 11.8 Å². The minimum Gasteiger partial charge on any atom is -0.444 e. The van der Waals surface area contributed by atoms with Gasteiger partial charge in [0.05, 0.1) is 6.10 Å². The first kappa shape index (κ1) is 20.2. The molecule has 1 rings (SSSR count). The van der Waals surface area contributed by atoms with Gasteiger partial charge in [-0.2, -0.15) is 0 Å². The van der Waals surface area contributed by atoms with Gasteiger partial charge in [0, 0.05) is 25.7 Å². The topological polar surface area (TPSA) is 65.0 Å². The van der Waals surface area contributed by atoms with Gasteiger partial charge in [0.15, 0.2) is 0 Å². The van der Waals surface area contributed by atoms with Crippen molar-refractivity contribution in [1.82, 2.24) is 15.1 Å². The van der Waals surface area contributed by atoms with Crippen LogP contribution in [-0.4, -0.2) is 78.5 Å². The third-order valence-corrected chi connectivity index (χ3v) is 3.90. The summed E-state index contributed by atoms with van der Waals surface area (Å²) in [6.07, 6.45) is 2.60. The van der Waals surface area contributed by atoms with E-state index in [9.17, 15) is 9.90 Å². The average molecular weight is 329 g/mol. The Morgan fingerprint density at radius 2 is 2.09 bits per heavy atom. The molecule has 6 nitrogen and oxygen atoms in total. The van der Waals surface area contributed by atoms with E-state index in [2.05, 4.69) is 17.3 Å². The summed E-state index contributed by atoms with van der Waals surface area (Å²) in [7, 11) is 2.16. The lowest BCUT2D eigenvalue weighted by atomic mass is 10.1. The van der Waals surface area contributed by atoms with Crippen molar-refractivity contribution < 1.29 is 14.6 Å². The molecule has 1 aliphatic rings. The molecule has 1 heterocycles. The number of rotatable bonds is 6. The maximum Gasteiger partial charge on any atom is 0.410 e. The maximum absolute atomic E-state index is 12.2. The molecule has 0 aromatic heterocycles. The molecule has 0 radical (unpaired) electrons. The first-order valence-electron chi connectivity index (χ1n) is 8.75. The van der Waals surface area contributed by atoms with Crippen LogP contribution < -0.4 is 5.32 Å². The smallest absolute Gasteiger partial charge is 0.410 e. The van der Waals surface area contributed by atoms with Crippen molar-refractivity contribution in [3.8, 4) is 0 Å². The molecule has 1 saturated heterocycles. The number of amides is 1. The van der Waals surface area contributed by atoms with Gasteiger partial charge in [-0.1, -0.05) is 0 Å². The number of carbonyl (C=O) groups excluding carboxylic acids is 1. The highest BCUT2D eigenvalue weighted by Crippen LogP contribution is 2.11. The number of nitrogens with zero attached hydrogens (tertiary/aromatic N) is 2. The van der Waals surface area contributed by atoms with E-state index >= 15 is 0 Å². The third kappa shape index (κ3) is 9.13. The summed E-state index contributed by atoms with van der Waals surface area (Å²) in [5.41, 5.74) is -0.521. The first-order chi connectivity index (χ1) is 10.7. The summed E-state index contributed by atoms with van der Waals surface area (Å²) >= 11 is 0. The summed E-state index contributed by atoms with van der Waals surface area (Å²) in [6.45, 7) is 11.1. The third-order valence-electron chi connectivity index (χ3n) is 3.90. The molecule has 0 aromatic carbocycles. The molecule has 0 saturated carbocycles. The normalized spacial score (nSPS) is 21.6. The minimum atomic E-state index is -0.561. The zero-order valence-electron chi connectivity index (χ0n) is 15.5. The second-order valence-electron chi connectivity index (χ2n) is 7.66. The number of hydrogen-bond acceptors (Lipinski definition) is 5. The Balaban J connectivity index is 2.42. The lowest BCUT2D eigenvalue weighted by Gasteiger charge is -2.29. The lowest BCUT2D eigenvalue weighted by molar-refractivity contribution is 0.0163. The molecule has 2 N–H and O–H groups in total. The number of ether oxygens (including phenoxy) is 1. The number of nitrogens with one attached hydrogen (secondary N) is 1.